The van der Waals surface area contributed by atoms with E-state index >= 15 is 0 Å². The zero-order valence-electron chi connectivity index (χ0n) is 14.8. The third kappa shape index (κ3) is 3.33. The van der Waals surface area contributed by atoms with Crippen LogP contribution in [-0.4, -0.2) is 52.8 Å². The molecule has 1 aliphatic carbocycles. The van der Waals surface area contributed by atoms with Crippen molar-refractivity contribution in [2.45, 2.75) is 51.4 Å². The van der Waals surface area contributed by atoms with Crippen molar-refractivity contribution in [2.75, 3.05) is 26.2 Å². The molecule has 1 atom stereocenters. The average molecular weight is 362 g/mol. The summed E-state index contributed by atoms with van der Waals surface area (Å²) in [5.41, 5.74) is 1.87. The monoisotopic (exact) mass is 361 g/mol. The van der Waals surface area contributed by atoms with E-state index in [4.69, 9.17) is 0 Å². The summed E-state index contributed by atoms with van der Waals surface area (Å²) in [6, 6.07) is 0. The molecule has 1 aromatic rings. The normalized spacial score (nSPS) is 28.1. The number of aromatic nitrogens is 1. The van der Waals surface area contributed by atoms with Crippen LogP contribution in [0.4, 0.5) is 0 Å². The number of likely N-dealkylation sites (tertiary alicyclic amines) is 2. The van der Waals surface area contributed by atoms with E-state index in [0.717, 1.165) is 32.4 Å². The number of carbonyl (C=O) groups excluding carboxylic acids is 2. The first kappa shape index (κ1) is 17.0. The Kier molecular flexibility index (Phi) is 4.80. The fourth-order valence-corrected chi connectivity index (χ4v) is 5.44. The van der Waals surface area contributed by atoms with Gasteiger partial charge in [0.05, 0.1) is 10.9 Å². The van der Waals surface area contributed by atoms with Crippen LogP contribution in [0.1, 0.15) is 61.9 Å². The van der Waals surface area contributed by atoms with Gasteiger partial charge in [-0.25, -0.2) is 4.98 Å². The van der Waals surface area contributed by atoms with E-state index in [1.165, 1.54) is 43.4 Å². The van der Waals surface area contributed by atoms with Gasteiger partial charge < -0.3 is 9.80 Å². The van der Waals surface area contributed by atoms with Crippen LogP contribution in [0.15, 0.2) is 10.9 Å². The van der Waals surface area contributed by atoms with Crippen molar-refractivity contribution in [3.05, 3.63) is 16.6 Å². The molecule has 136 valence electrons. The molecule has 0 bridgehead atoms. The number of amides is 2. The van der Waals surface area contributed by atoms with Gasteiger partial charge in [-0.15, -0.1) is 11.3 Å². The maximum atomic E-state index is 13.3. The summed E-state index contributed by atoms with van der Waals surface area (Å²) in [5.74, 6) is 0.968. The molecule has 1 aromatic heterocycles. The quantitative estimate of drug-likeness (QED) is 0.831. The molecule has 0 N–H and O–H groups in total. The predicted octanol–water partition coefficient (Wildman–Crippen LogP) is 3.18. The molecule has 1 unspecified atom stereocenters. The lowest BCUT2D eigenvalue weighted by molar-refractivity contribution is -0.146. The van der Waals surface area contributed by atoms with Gasteiger partial charge in [-0.05, 0) is 38.0 Å². The molecule has 0 radical (unpaired) electrons. The van der Waals surface area contributed by atoms with Crippen molar-refractivity contribution in [2.24, 2.45) is 11.3 Å². The van der Waals surface area contributed by atoms with Gasteiger partial charge in [0.2, 0.25) is 5.91 Å². The molecule has 3 fully saturated rings. The molecule has 3 heterocycles. The topological polar surface area (TPSA) is 53.5 Å². The van der Waals surface area contributed by atoms with Crippen LogP contribution in [0.5, 0.6) is 0 Å². The lowest BCUT2D eigenvalue weighted by Gasteiger charge is -2.41. The molecular formula is C19H27N3O2S. The first-order chi connectivity index (χ1) is 12.2. The van der Waals surface area contributed by atoms with Crippen LogP contribution in [0, 0.1) is 11.3 Å². The minimum atomic E-state index is -0.335. The van der Waals surface area contributed by atoms with Gasteiger partial charge in [-0.3, -0.25) is 9.59 Å². The number of hydrogen-bond acceptors (Lipinski definition) is 4. The SMILES string of the molecule is O=C(c1cscn1)N1CCC2(CCCN(CC3CCCCC3)C2=O)C1. The molecule has 2 saturated heterocycles. The molecule has 3 aliphatic rings. The summed E-state index contributed by atoms with van der Waals surface area (Å²) in [6.07, 6.45) is 9.31. The van der Waals surface area contributed by atoms with E-state index in [9.17, 15) is 9.59 Å². The number of carbonyl (C=O) groups is 2. The summed E-state index contributed by atoms with van der Waals surface area (Å²) in [6.45, 7) is 3.08. The smallest absolute Gasteiger partial charge is 0.273 e. The number of thiazole rings is 1. The van der Waals surface area contributed by atoms with E-state index in [2.05, 4.69) is 9.88 Å². The summed E-state index contributed by atoms with van der Waals surface area (Å²) >= 11 is 1.44. The van der Waals surface area contributed by atoms with Crippen LogP contribution in [0.3, 0.4) is 0 Å². The van der Waals surface area contributed by atoms with E-state index in [0.29, 0.717) is 30.6 Å². The Labute approximate surface area is 153 Å². The molecule has 5 nitrogen and oxygen atoms in total. The maximum Gasteiger partial charge on any atom is 0.273 e. The fourth-order valence-electron chi connectivity index (χ4n) is 4.91. The Morgan fingerprint density at radius 1 is 1.20 bits per heavy atom. The Balaban J connectivity index is 1.42. The summed E-state index contributed by atoms with van der Waals surface area (Å²) in [7, 11) is 0. The lowest BCUT2D eigenvalue weighted by Crippen LogP contribution is -2.51. The minimum absolute atomic E-state index is 0.0182. The van der Waals surface area contributed by atoms with Gasteiger partial charge in [0.1, 0.15) is 5.69 Å². The number of piperidine rings is 1. The van der Waals surface area contributed by atoms with Gasteiger partial charge >= 0.3 is 0 Å². The Morgan fingerprint density at radius 3 is 2.80 bits per heavy atom. The third-order valence-corrected chi connectivity index (χ3v) is 6.91. The molecule has 2 amide bonds. The van der Waals surface area contributed by atoms with E-state index in [-0.39, 0.29) is 11.3 Å². The first-order valence-electron chi connectivity index (χ1n) is 9.65. The molecule has 1 saturated carbocycles. The molecule has 1 spiro atoms. The summed E-state index contributed by atoms with van der Waals surface area (Å²) in [5, 5.41) is 1.80. The second-order valence-electron chi connectivity index (χ2n) is 7.99. The van der Waals surface area contributed by atoms with Crippen molar-refractivity contribution >= 4 is 23.2 Å². The van der Waals surface area contributed by atoms with Crippen molar-refractivity contribution in [3.8, 4) is 0 Å². The average Bonchev–Trinajstić information content (AvgIpc) is 3.31. The zero-order chi connectivity index (χ0) is 17.3. The van der Waals surface area contributed by atoms with E-state index in [1.54, 1.807) is 10.9 Å². The Morgan fingerprint density at radius 2 is 2.04 bits per heavy atom. The molecule has 25 heavy (non-hydrogen) atoms. The van der Waals surface area contributed by atoms with Gasteiger partial charge in [0.25, 0.3) is 5.91 Å². The second-order valence-corrected chi connectivity index (χ2v) is 8.71. The van der Waals surface area contributed by atoms with Crippen LogP contribution in [0.2, 0.25) is 0 Å². The van der Waals surface area contributed by atoms with E-state index in [1.807, 2.05) is 4.90 Å². The van der Waals surface area contributed by atoms with E-state index < -0.39 is 0 Å². The zero-order valence-corrected chi connectivity index (χ0v) is 15.6. The first-order valence-corrected chi connectivity index (χ1v) is 10.6. The highest BCUT2D eigenvalue weighted by atomic mass is 32.1. The molecular weight excluding hydrogens is 334 g/mol. The third-order valence-electron chi connectivity index (χ3n) is 6.32. The Hall–Kier alpha value is -1.43. The highest BCUT2D eigenvalue weighted by Gasteiger charge is 2.49. The summed E-state index contributed by atoms with van der Waals surface area (Å²) < 4.78 is 0. The molecule has 4 rings (SSSR count). The minimum Gasteiger partial charge on any atom is -0.342 e. The van der Waals surface area contributed by atoms with Gasteiger partial charge in [0.15, 0.2) is 0 Å². The van der Waals surface area contributed by atoms with Crippen molar-refractivity contribution < 1.29 is 9.59 Å². The van der Waals surface area contributed by atoms with Gasteiger partial charge in [0, 0.05) is 31.6 Å². The van der Waals surface area contributed by atoms with Gasteiger partial charge in [-0.1, -0.05) is 19.3 Å². The van der Waals surface area contributed by atoms with Crippen molar-refractivity contribution in [3.63, 3.8) is 0 Å². The highest BCUT2D eigenvalue weighted by Crippen LogP contribution is 2.41. The maximum absolute atomic E-state index is 13.3. The van der Waals surface area contributed by atoms with Gasteiger partial charge in [-0.2, -0.15) is 0 Å². The van der Waals surface area contributed by atoms with Crippen LogP contribution < -0.4 is 0 Å². The van der Waals surface area contributed by atoms with Crippen LogP contribution in [-0.2, 0) is 4.79 Å². The molecule has 2 aliphatic heterocycles. The highest BCUT2D eigenvalue weighted by molar-refractivity contribution is 7.07. The predicted molar refractivity (Wildman–Crippen MR) is 97.5 cm³/mol. The van der Waals surface area contributed by atoms with Crippen molar-refractivity contribution in [1.82, 2.24) is 14.8 Å². The standard InChI is InChI=1S/C19H27N3O2S/c23-17(16-12-25-14-20-16)22-10-8-19(13-22)7-4-9-21(18(19)24)11-15-5-2-1-3-6-15/h12,14-15H,1-11,13H2. The van der Waals surface area contributed by atoms with Crippen LogP contribution >= 0.6 is 11.3 Å². The summed E-state index contributed by atoms with van der Waals surface area (Å²) in [4.78, 5) is 33.9. The van der Waals surface area contributed by atoms with Crippen molar-refractivity contribution in [1.29, 1.82) is 0 Å². The number of hydrogen-bond donors (Lipinski definition) is 0. The fraction of sp³-hybridized carbons (Fsp3) is 0.737. The number of nitrogens with zero attached hydrogens (tertiary/aromatic N) is 3. The number of rotatable bonds is 3. The van der Waals surface area contributed by atoms with Crippen LogP contribution in [0.25, 0.3) is 0 Å². The molecule has 0 aromatic carbocycles. The Bertz CT molecular complexity index is 627. The molecule has 6 heteroatoms. The lowest BCUT2D eigenvalue weighted by atomic mass is 9.77. The largest absolute Gasteiger partial charge is 0.342 e. The second kappa shape index (κ2) is 7.06.